The molecule has 0 radical (unpaired) electrons. The van der Waals surface area contributed by atoms with E-state index >= 15 is 0 Å². The molecule has 1 aromatic heterocycles. The molecular weight excluding hydrogens is 296 g/mol. The lowest BCUT2D eigenvalue weighted by Gasteiger charge is -2.14. The predicted octanol–water partition coefficient (Wildman–Crippen LogP) is 4.68. The van der Waals surface area contributed by atoms with Crippen LogP contribution in [0.5, 0.6) is 0 Å². The lowest BCUT2D eigenvalue weighted by molar-refractivity contribution is 1.07. The minimum atomic E-state index is -0.0221. The Morgan fingerprint density at radius 3 is 2.25 bits per heavy atom. The maximum Gasteiger partial charge on any atom is 0.253 e. The van der Waals surface area contributed by atoms with Gasteiger partial charge in [-0.05, 0) is 68.3 Å². The van der Waals surface area contributed by atoms with Gasteiger partial charge >= 0.3 is 0 Å². The summed E-state index contributed by atoms with van der Waals surface area (Å²) in [5.41, 5.74) is 8.77. The summed E-state index contributed by atoms with van der Waals surface area (Å²) in [5, 5.41) is 4.51. The zero-order chi connectivity index (χ0) is 17.4. The summed E-state index contributed by atoms with van der Waals surface area (Å²) >= 11 is 0. The third-order valence-electron chi connectivity index (χ3n) is 4.76. The minimum Gasteiger partial charge on any atom is -0.380 e. The average molecular weight is 320 g/mol. The van der Waals surface area contributed by atoms with Crippen molar-refractivity contribution >= 4 is 16.6 Å². The van der Waals surface area contributed by atoms with E-state index in [0.717, 1.165) is 27.7 Å². The zero-order valence-electron chi connectivity index (χ0n) is 15.0. The number of nitrogens with one attached hydrogen (secondary N) is 2. The van der Waals surface area contributed by atoms with Crippen molar-refractivity contribution in [3.05, 3.63) is 74.1 Å². The quantitative estimate of drug-likeness (QED) is 0.736. The number of benzene rings is 2. The molecule has 124 valence electrons. The Kier molecular flexibility index (Phi) is 4.18. The molecule has 2 N–H and O–H groups in total. The number of hydrogen-bond acceptors (Lipinski definition) is 2. The fourth-order valence-corrected chi connectivity index (χ4v) is 3.34. The van der Waals surface area contributed by atoms with Crippen LogP contribution in [0.15, 0.2) is 35.1 Å². The normalized spacial score (nSPS) is 11.0. The van der Waals surface area contributed by atoms with Crippen molar-refractivity contribution in [1.29, 1.82) is 0 Å². The monoisotopic (exact) mass is 320 g/mol. The first-order valence-corrected chi connectivity index (χ1v) is 8.30. The molecule has 0 unspecified atom stereocenters. The van der Waals surface area contributed by atoms with E-state index in [0.29, 0.717) is 6.54 Å². The Hall–Kier alpha value is -2.55. The summed E-state index contributed by atoms with van der Waals surface area (Å²) in [5.74, 6) is 0. The molecule has 0 atom stereocenters. The van der Waals surface area contributed by atoms with Crippen LogP contribution >= 0.6 is 0 Å². The van der Waals surface area contributed by atoms with Gasteiger partial charge < -0.3 is 10.3 Å². The van der Waals surface area contributed by atoms with Crippen LogP contribution in [0.3, 0.4) is 0 Å². The second kappa shape index (κ2) is 6.16. The standard InChI is InChI=1S/C21H24N2O/c1-12-8-14(3)19(15(4)9-12)22-11-18-10-17-7-6-13(2)16(5)20(17)23-21(18)24/h6-10,22H,11H2,1-5H3,(H,23,24). The van der Waals surface area contributed by atoms with E-state index in [1.165, 1.54) is 22.3 Å². The number of pyridine rings is 1. The van der Waals surface area contributed by atoms with E-state index < -0.39 is 0 Å². The smallest absolute Gasteiger partial charge is 0.253 e. The van der Waals surface area contributed by atoms with Crippen molar-refractivity contribution in [3.63, 3.8) is 0 Å². The van der Waals surface area contributed by atoms with Crippen LogP contribution in [-0.2, 0) is 6.54 Å². The van der Waals surface area contributed by atoms with E-state index in [1.54, 1.807) is 0 Å². The molecule has 3 heteroatoms. The largest absolute Gasteiger partial charge is 0.380 e. The van der Waals surface area contributed by atoms with Gasteiger partial charge in [0.25, 0.3) is 5.56 Å². The summed E-state index contributed by atoms with van der Waals surface area (Å²) in [4.78, 5) is 15.5. The van der Waals surface area contributed by atoms with Crippen LogP contribution in [0.1, 0.15) is 33.4 Å². The molecule has 2 aromatic carbocycles. The number of hydrogen-bond donors (Lipinski definition) is 2. The van der Waals surface area contributed by atoms with E-state index in [9.17, 15) is 4.79 Å². The number of H-pyrrole nitrogens is 1. The molecule has 0 fully saturated rings. The third kappa shape index (κ3) is 2.94. The van der Waals surface area contributed by atoms with Crippen molar-refractivity contribution in [1.82, 2.24) is 4.98 Å². The SMILES string of the molecule is Cc1cc(C)c(NCc2cc3ccc(C)c(C)c3[nH]c2=O)c(C)c1. The summed E-state index contributed by atoms with van der Waals surface area (Å²) in [7, 11) is 0. The Morgan fingerprint density at radius 2 is 1.58 bits per heavy atom. The molecule has 0 saturated carbocycles. The molecule has 0 aliphatic rings. The van der Waals surface area contributed by atoms with E-state index in [4.69, 9.17) is 0 Å². The highest BCUT2D eigenvalue weighted by atomic mass is 16.1. The fourth-order valence-electron chi connectivity index (χ4n) is 3.34. The van der Waals surface area contributed by atoms with Crippen molar-refractivity contribution in [2.24, 2.45) is 0 Å². The zero-order valence-corrected chi connectivity index (χ0v) is 15.0. The van der Waals surface area contributed by atoms with Crippen molar-refractivity contribution in [3.8, 4) is 0 Å². The highest BCUT2D eigenvalue weighted by molar-refractivity contribution is 5.83. The molecule has 0 aliphatic heterocycles. The van der Waals surface area contributed by atoms with E-state index in [2.05, 4.69) is 62.3 Å². The highest BCUT2D eigenvalue weighted by Crippen LogP contribution is 2.23. The van der Waals surface area contributed by atoms with Gasteiger partial charge in [0, 0.05) is 17.8 Å². The van der Waals surface area contributed by atoms with Crippen LogP contribution in [-0.4, -0.2) is 4.98 Å². The molecular formula is C21H24N2O. The Bertz CT molecular complexity index is 960. The molecule has 3 aromatic rings. The number of fused-ring (bicyclic) bond motifs is 1. The van der Waals surface area contributed by atoms with Gasteiger partial charge in [0.1, 0.15) is 0 Å². The fraction of sp³-hybridized carbons (Fsp3) is 0.286. The first kappa shape index (κ1) is 16.3. The Morgan fingerprint density at radius 1 is 0.917 bits per heavy atom. The molecule has 0 amide bonds. The van der Waals surface area contributed by atoms with Gasteiger partial charge in [0.15, 0.2) is 0 Å². The number of anilines is 1. The van der Waals surface area contributed by atoms with Crippen LogP contribution in [0.2, 0.25) is 0 Å². The topological polar surface area (TPSA) is 44.9 Å². The summed E-state index contributed by atoms with van der Waals surface area (Å²) in [6.07, 6.45) is 0. The Labute approximate surface area is 142 Å². The molecule has 24 heavy (non-hydrogen) atoms. The maximum absolute atomic E-state index is 12.4. The molecule has 3 nitrogen and oxygen atoms in total. The van der Waals surface area contributed by atoms with Gasteiger partial charge in [0.05, 0.1) is 5.52 Å². The molecule has 0 saturated heterocycles. The average Bonchev–Trinajstić information content (AvgIpc) is 2.51. The highest BCUT2D eigenvalue weighted by Gasteiger charge is 2.08. The lowest BCUT2D eigenvalue weighted by Crippen LogP contribution is -2.16. The van der Waals surface area contributed by atoms with Gasteiger partial charge in [-0.1, -0.05) is 29.8 Å². The van der Waals surface area contributed by atoms with Crippen LogP contribution < -0.4 is 10.9 Å². The van der Waals surface area contributed by atoms with Crippen molar-refractivity contribution in [2.75, 3.05) is 5.32 Å². The Balaban J connectivity index is 1.96. The molecule has 1 heterocycles. The van der Waals surface area contributed by atoms with Crippen LogP contribution in [0.4, 0.5) is 5.69 Å². The van der Waals surface area contributed by atoms with E-state index in [1.807, 2.05) is 13.0 Å². The van der Waals surface area contributed by atoms with Crippen molar-refractivity contribution in [2.45, 2.75) is 41.2 Å². The predicted molar refractivity (Wildman–Crippen MR) is 102 cm³/mol. The number of aromatic nitrogens is 1. The summed E-state index contributed by atoms with van der Waals surface area (Å²) in [6, 6.07) is 10.5. The van der Waals surface area contributed by atoms with E-state index in [-0.39, 0.29) is 5.56 Å². The third-order valence-corrected chi connectivity index (χ3v) is 4.76. The number of aromatic amines is 1. The van der Waals surface area contributed by atoms with Gasteiger partial charge in [-0.2, -0.15) is 0 Å². The van der Waals surface area contributed by atoms with Gasteiger partial charge in [-0.25, -0.2) is 0 Å². The van der Waals surface area contributed by atoms with Gasteiger partial charge in [-0.15, -0.1) is 0 Å². The first-order valence-electron chi connectivity index (χ1n) is 8.30. The number of aryl methyl sites for hydroxylation is 5. The molecule has 0 aliphatic carbocycles. The molecule has 0 spiro atoms. The van der Waals surface area contributed by atoms with Gasteiger partial charge in [-0.3, -0.25) is 4.79 Å². The minimum absolute atomic E-state index is 0.0221. The second-order valence-electron chi connectivity index (χ2n) is 6.72. The summed E-state index contributed by atoms with van der Waals surface area (Å²) in [6.45, 7) is 10.9. The summed E-state index contributed by atoms with van der Waals surface area (Å²) < 4.78 is 0. The molecule has 0 bridgehead atoms. The second-order valence-corrected chi connectivity index (χ2v) is 6.72. The first-order chi connectivity index (χ1) is 11.4. The van der Waals surface area contributed by atoms with Crippen molar-refractivity contribution < 1.29 is 0 Å². The van der Waals surface area contributed by atoms with Crippen LogP contribution in [0.25, 0.3) is 10.9 Å². The number of rotatable bonds is 3. The molecule has 3 rings (SSSR count). The lowest BCUT2D eigenvalue weighted by atomic mass is 10.0. The van der Waals surface area contributed by atoms with Gasteiger partial charge in [0.2, 0.25) is 0 Å². The maximum atomic E-state index is 12.4. The van der Waals surface area contributed by atoms with Crippen LogP contribution in [0, 0.1) is 34.6 Å².